The molecule has 0 radical (unpaired) electrons. The van der Waals surface area contributed by atoms with E-state index in [2.05, 4.69) is 37.9 Å². The minimum atomic E-state index is -0.0634. The lowest BCUT2D eigenvalue weighted by atomic mass is 9.77. The van der Waals surface area contributed by atoms with Crippen LogP contribution in [0, 0.1) is 23.2 Å². The number of carbonyl (C=O) groups is 1. The Kier molecular flexibility index (Phi) is 3.82. The summed E-state index contributed by atoms with van der Waals surface area (Å²) in [5, 5.41) is 13.0. The maximum atomic E-state index is 12.1. The number of nitrogens with one attached hydrogen (secondary N) is 1. The van der Waals surface area contributed by atoms with Crippen molar-refractivity contribution in [1.29, 1.82) is 5.26 Å². The lowest BCUT2D eigenvalue weighted by molar-refractivity contribution is -0.116. The van der Waals surface area contributed by atoms with Crippen LogP contribution in [0.15, 0.2) is 21.9 Å². The molecule has 1 atom stereocenters. The molecule has 18 heavy (non-hydrogen) atoms. The van der Waals surface area contributed by atoms with Crippen molar-refractivity contribution in [2.24, 2.45) is 11.8 Å². The third kappa shape index (κ3) is 2.32. The first kappa shape index (κ1) is 13.2. The van der Waals surface area contributed by atoms with Crippen LogP contribution >= 0.6 is 12.6 Å². The van der Waals surface area contributed by atoms with Crippen LogP contribution in [0.3, 0.4) is 0 Å². The predicted octanol–water partition coefficient (Wildman–Crippen LogP) is 2.92. The topological polar surface area (TPSA) is 52.9 Å². The summed E-state index contributed by atoms with van der Waals surface area (Å²) in [6.45, 7) is 4.23. The zero-order valence-corrected chi connectivity index (χ0v) is 11.7. The summed E-state index contributed by atoms with van der Waals surface area (Å²) in [7, 11) is 0. The molecular formula is C14H18N2OS. The quantitative estimate of drug-likeness (QED) is 0.752. The Morgan fingerprint density at radius 1 is 1.50 bits per heavy atom. The van der Waals surface area contributed by atoms with E-state index in [0.29, 0.717) is 22.9 Å². The van der Waals surface area contributed by atoms with Crippen LogP contribution in [0.2, 0.25) is 0 Å². The second-order valence-electron chi connectivity index (χ2n) is 5.35. The number of dihydropyridines is 1. The molecule has 1 N–H and O–H groups in total. The van der Waals surface area contributed by atoms with Gasteiger partial charge in [0.1, 0.15) is 0 Å². The van der Waals surface area contributed by atoms with E-state index in [1.54, 1.807) is 0 Å². The van der Waals surface area contributed by atoms with Crippen LogP contribution in [0.5, 0.6) is 0 Å². The van der Waals surface area contributed by atoms with Gasteiger partial charge in [-0.05, 0) is 25.2 Å². The normalized spacial score (nSPS) is 23.9. The van der Waals surface area contributed by atoms with E-state index in [-0.39, 0.29) is 11.7 Å². The standard InChI is InChI=1S/C14H18N2OS/c1-8(2)6-9-10(7-15)14(18)16-11-4-3-5-12(17)13(9)11/h8-9,16,18H,3-6H2,1-2H3. The molecule has 0 bridgehead atoms. The zero-order valence-electron chi connectivity index (χ0n) is 10.8. The third-order valence-electron chi connectivity index (χ3n) is 3.51. The maximum Gasteiger partial charge on any atom is 0.161 e. The number of nitrogens with zero attached hydrogens (tertiary/aromatic N) is 1. The van der Waals surface area contributed by atoms with E-state index in [9.17, 15) is 10.1 Å². The smallest absolute Gasteiger partial charge is 0.161 e. The average Bonchev–Trinajstić information content (AvgIpc) is 2.28. The van der Waals surface area contributed by atoms with Gasteiger partial charge in [0.2, 0.25) is 0 Å². The Hall–Kier alpha value is -1.21. The molecule has 0 spiro atoms. The fourth-order valence-corrected chi connectivity index (χ4v) is 3.10. The number of ketones is 1. The molecule has 0 aromatic heterocycles. The Balaban J connectivity index is 2.44. The fraction of sp³-hybridized carbons (Fsp3) is 0.571. The number of carbonyl (C=O) groups excluding carboxylic acids is 1. The minimum Gasteiger partial charge on any atom is -0.353 e. The number of Topliss-reactive ketones (excluding diaryl/α,β-unsaturated/α-hetero) is 1. The van der Waals surface area contributed by atoms with Crippen LogP contribution in [-0.2, 0) is 4.79 Å². The van der Waals surface area contributed by atoms with Gasteiger partial charge < -0.3 is 5.32 Å². The van der Waals surface area contributed by atoms with Crippen molar-refractivity contribution in [3.8, 4) is 6.07 Å². The van der Waals surface area contributed by atoms with E-state index in [4.69, 9.17) is 0 Å². The van der Waals surface area contributed by atoms with Gasteiger partial charge in [-0.2, -0.15) is 5.26 Å². The first-order valence-corrected chi connectivity index (χ1v) is 6.85. The van der Waals surface area contributed by atoms with Crippen molar-refractivity contribution in [2.75, 3.05) is 0 Å². The van der Waals surface area contributed by atoms with Crippen LogP contribution in [0.1, 0.15) is 39.5 Å². The molecule has 1 heterocycles. The molecule has 96 valence electrons. The van der Waals surface area contributed by atoms with Crippen molar-refractivity contribution in [1.82, 2.24) is 5.32 Å². The highest BCUT2D eigenvalue weighted by Gasteiger charge is 2.35. The van der Waals surface area contributed by atoms with Gasteiger partial charge in [0, 0.05) is 23.6 Å². The number of thiol groups is 1. The highest BCUT2D eigenvalue weighted by atomic mass is 32.1. The van der Waals surface area contributed by atoms with Gasteiger partial charge in [-0.3, -0.25) is 4.79 Å². The van der Waals surface area contributed by atoms with Gasteiger partial charge in [-0.25, -0.2) is 0 Å². The lowest BCUT2D eigenvalue weighted by Crippen LogP contribution is -2.32. The van der Waals surface area contributed by atoms with Gasteiger partial charge in [-0.1, -0.05) is 13.8 Å². The fourth-order valence-electron chi connectivity index (χ4n) is 2.76. The largest absolute Gasteiger partial charge is 0.353 e. The first-order chi connectivity index (χ1) is 8.54. The van der Waals surface area contributed by atoms with Gasteiger partial charge in [0.15, 0.2) is 5.78 Å². The molecule has 1 aliphatic carbocycles. The highest BCUT2D eigenvalue weighted by Crippen LogP contribution is 2.39. The summed E-state index contributed by atoms with van der Waals surface area (Å²) < 4.78 is 0. The van der Waals surface area contributed by atoms with E-state index in [1.807, 2.05) is 0 Å². The Morgan fingerprint density at radius 2 is 2.22 bits per heavy atom. The minimum absolute atomic E-state index is 0.0634. The molecule has 0 amide bonds. The molecule has 2 rings (SSSR count). The summed E-state index contributed by atoms with van der Waals surface area (Å²) in [6, 6.07) is 2.22. The van der Waals surface area contributed by atoms with Gasteiger partial charge in [0.05, 0.1) is 16.7 Å². The number of hydrogen-bond acceptors (Lipinski definition) is 4. The van der Waals surface area contributed by atoms with E-state index < -0.39 is 0 Å². The van der Waals surface area contributed by atoms with Crippen molar-refractivity contribution in [2.45, 2.75) is 39.5 Å². The molecule has 2 aliphatic rings. The SMILES string of the molecule is CC(C)CC1C(C#N)=C(S)NC2=C1C(=O)CCC2. The van der Waals surface area contributed by atoms with E-state index in [0.717, 1.165) is 30.5 Å². The van der Waals surface area contributed by atoms with Crippen molar-refractivity contribution >= 4 is 18.4 Å². The number of allylic oxidation sites excluding steroid dienone is 3. The highest BCUT2D eigenvalue weighted by molar-refractivity contribution is 7.84. The summed E-state index contributed by atoms with van der Waals surface area (Å²) in [6.07, 6.45) is 3.22. The van der Waals surface area contributed by atoms with Crippen molar-refractivity contribution in [3.05, 3.63) is 21.9 Å². The Morgan fingerprint density at radius 3 is 2.83 bits per heavy atom. The number of hydrogen-bond donors (Lipinski definition) is 2. The molecule has 3 nitrogen and oxygen atoms in total. The first-order valence-electron chi connectivity index (χ1n) is 6.41. The predicted molar refractivity (Wildman–Crippen MR) is 73.6 cm³/mol. The van der Waals surface area contributed by atoms with E-state index in [1.165, 1.54) is 0 Å². The third-order valence-corrected chi connectivity index (χ3v) is 3.86. The van der Waals surface area contributed by atoms with Crippen molar-refractivity contribution in [3.63, 3.8) is 0 Å². The Labute approximate surface area is 113 Å². The molecule has 1 unspecified atom stereocenters. The molecule has 0 aromatic rings. The summed E-state index contributed by atoms with van der Waals surface area (Å²) in [4.78, 5) is 12.1. The van der Waals surface area contributed by atoms with Gasteiger partial charge in [0.25, 0.3) is 0 Å². The van der Waals surface area contributed by atoms with Gasteiger partial charge >= 0.3 is 0 Å². The van der Waals surface area contributed by atoms with Gasteiger partial charge in [-0.15, -0.1) is 12.6 Å². The maximum absolute atomic E-state index is 12.1. The Bertz CT molecular complexity index is 483. The summed E-state index contributed by atoms with van der Waals surface area (Å²) in [5.41, 5.74) is 2.44. The second kappa shape index (κ2) is 5.19. The number of nitriles is 1. The monoisotopic (exact) mass is 262 g/mol. The van der Waals surface area contributed by atoms with E-state index >= 15 is 0 Å². The number of rotatable bonds is 2. The molecule has 4 heteroatoms. The molecule has 0 saturated carbocycles. The van der Waals surface area contributed by atoms with Crippen LogP contribution in [0.4, 0.5) is 0 Å². The zero-order chi connectivity index (χ0) is 13.3. The average molecular weight is 262 g/mol. The lowest BCUT2D eigenvalue weighted by Gasteiger charge is -2.32. The summed E-state index contributed by atoms with van der Waals surface area (Å²) in [5.74, 6) is 0.579. The molecule has 0 aromatic carbocycles. The summed E-state index contributed by atoms with van der Waals surface area (Å²) >= 11 is 4.36. The molecule has 1 aliphatic heterocycles. The molecule has 0 saturated heterocycles. The molecule has 0 fully saturated rings. The van der Waals surface area contributed by atoms with Crippen LogP contribution in [-0.4, -0.2) is 5.78 Å². The second-order valence-corrected chi connectivity index (χ2v) is 5.80. The van der Waals surface area contributed by atoms with Crippen LogP contribution in [0.25, 0.3) is 0 Å². The molecular weight excluding hydrogens is 244 g/mol. The van der Waals surface area contributed by atoms with Crippen molar-refractivity contribution < 1.29 is 4.79 Å². The van der Waals surface area contributed by atoms with Crippen LogP contribution < -0.4 is 5.32 Å².